The standard InChI is InChI=1S/C26H31NO6/c1-26(2,3)33-25(29)27-23-21(14-28)17-31-22(18-30-15-19-10-6-4-7-11-19)24(23)32-16-20-12-8-5-9-13-20/h4-14,17,22-24H,15-16,18H2,1-3H3,(H,27,29)/t22-,23+,24-/m1/s1. The van der Waals surface area contributed by atoms with Gasteiger partial charge in [0.1, 0.15) is 17.8 Å². The summed E-state index contributed by atoms with van der Waals surface area (Å²) in [6.45, 7) is 6.22. The van der Waals surface area contributed by atoms with Crippen LogP contribution in [-0.4, -0.2) is 42.8 Å². The zero-order chi connectivity index (χ0) is 23.7. The number of hydrogen-bond donors (Lipinski definition) is 1. The first-order chi connectivity index (χ1) is 15.9. The van der Waals surface area contributed by atoms with Crippen molar-refractivity contribution in [3.63, 3.8) is 0 Å². The van der Waals surface area contributed by atoms with E-state index >= 15 is 0 Å². The molecule has 1 amide bonds. The van der Waals surface area contributed by atoms with Crippen molar-refractivity contribution < 1.29 is 28.5 Å². The average Bonchev–Trinajstić information content (AvgIpc) is 2.79. The maximum absolute atomic E-state index is 12.5. The minimum atomic E-state index is -0.750. The summed E-state index contributed by atoms with van der Waals surface area (Å²) in [6.07, 6.45) is 0.162. The number of aldehydes is 1. The Morgan fingerprint density at radius 3 is 2.18 bits per heavy atom. The quantitative estimate of drug-likeness (QED) is 0.574. The molecule has 0 aliphatic carbocycles. The summed E-state index contributed by atoms with van der Waals surface area (Å²) in [4.78, 5) is 24.2. The molecular weight excluding hydrogens is 422 g/mol. The van der Waals surface area contributed by atoms with Gasteiger partial charge in [0.2, 0.25) is 0 Å². The van der Waals surface area contributed by atoms with Crippen molar-refractivity contribution >= 4 is 12.4 Å². The Labute approximate surface area is 194 Å². The highest BCUT2D eigenvalue weighted by molar-refractivity contribution is 5.78. The second-order valence-electron chi connectivity index (χ2n) is 8.80. The number of benzene rings is 2. The van der Waals surface area contributed by atoms with Crippen LogP contribution in [0.1, 0.15) is 31.9 Å². The first kappa shape index (κ1) is 24.5. The summed E-state index contributed by atoms with van der Waals surface area (Å²) in [6, 6.07) is 18.7. The first-order valence-corrected chi connectivity index (χ1v) is 10.9. The van der Waals surface area contributed by atoms with Crippen LogP contribution >= 0.6 is 0 Å². The topological polar surface area (TPSA) is 83.1 Å². The van der Waals surface area contributed by atoms with Crippen LogP contribution in [0.5, 0.6) is 0 Å². The molecule has 1 aliphatic heterocycles. The van der Waals surface area contributed by atoms with Crippen molar-refractivity contribution in [3.05, 3.63) is 83.6 Å². The van der Waals surface area contributed by atoms with E-state index in [4.69, 9.17) is 18.9 Å². The van der Waals surface area contributed by atoms with Crippen LogP contribution in [0.3, 0.4) is 0 Å². The van der Waals surface area contributed by atoms with E-state index in [2.05, 4.69) is 5.32 Å². The molecule has 0 spiro atoms. The highest BCUT2D eigenvalue weighted by atomic mass is 16.6. The number of carbonyl (C=O) groups is 2. The van der Waals surface area contributed by atoms with Crippen LogP contribution in [0.15, 0.2) is 72.5 Å². The first-order valence-electron chi connectivity index (χ1n) is 10.9. The number of amides is 1. The van der Waals surface area contributed by atoms with Gasteiger partial charge in [0, 0.05) is 0 Å². The van der Waals surface area contributed by atoms with Gasteiger partial charge in [0.05, 0.1) is 37.7 Å². The third-order valence-electron chi connectivity index (χ3n) is 4.92. The van der Waals surface area contributed by atoms with Gasteiger partial charge in [-0.05, 0) is 31.9 Å². The van der Waals surface area contributed by atoms with E-state index in [9.17, 15) is 9.59 Å². The van der Waals surface area contributed by atoms with E-state index < -0.39 is 29.9 Å². The Balaban J connectivity index is 1.74. The third kappa shape index (κ3) is 7.73. The molecule has 1 heterocycles. The second-order valence-corrected chi connectivity index (χ2v) is 8.80. The number of ether oxygens (including phenoxy) is 4. The number of alkyl carbamates (subject to hydrolysis) is 1. The zero-order valence-electron chi connectivity index (χ0n) is 19.2. The molecule has 0 bridgehead atoms. The molecule has 7 heteroatoms. The molecule has 0 radical (unpaired) electrons. The van der Waals surface area contributed by atoms with E-state index in [0.717, 1.165) is 11.1 Å². The normalized spacial score (nSPS) is 20.3. The van der Waals surface area contributed by atoms with Gasteiger partial charge in [0.25, 0.3) is 0 Å². The van der Waals surface area contributed by atoms with E-state index in [1.807, 2.05) is 60.7 Å². The summed E-state index contributed by atoms with van der Waals surface area (Å²) in [5, 5.41) is 2.78. The van der Waals surface area contributed by atoms with E-state index in [0.29, 0.717) is 12.9 Å². The SMILES string of the molecule is CC(C)(C)OC(=O)N[C@H]1C(C=O)=CO[C@H](COCc2ccccc2)[C@H]1OCc1ccccc1. The summed E-state index contributed by atoms with van der Waals surface area (Å²) in [7, 11) is 0. The van der Waals surface area contributed by atoms with Gasteiger partial charge >= 0.3 is 6.09 Å². The number of nitrogens with one attached hydrogen (secondary N) is 1. The van der Waals surface area contributed by atoms with E-state index in [-0.39, 0.29) is 18.8 Å². The Morgan fingerprint density at radius 2 is 1.61 bits per heavy atom. The fourth-order valence-corrected chi connectivity index (χ4v) is 3.39. The summed E-state index contributed by atoms with van der Waals surface area (Å²) < 4.78 is 23.3. The van der Waals surface area contributed by atoms with Crippen molar-refractivity contribution in [3.8, 4) is 0 Å². The highest BCUT2D eigenvalue weighted by Crippen LogP contribution is 2.24. The molecule has 2 aromatic rings. The number of carbonyl (C=O) groups excluding carboxylic acids is 2. The zero-order valence-corrected chi connectivity index (χ0v) is 19.2. The summed E-state index contributed by atoms with van der Waals surface area (Å²) in [5.41, 5.74) is 1.57. The second kappa shape index (κ2) is 11.6. The monoisotopic (exact) mass is 453 g/mol. The molecule has 0 saturated heterocycles. The Hall–Kier alpha value is -3.16. The third-order valence-corrected chi connectivity index (χ3v) is 4.92. The van der Waals surface area contributed by atoms with E-state index in [1.54, 1.807) is 20.8 Å². The molecule has 2 aromatic carbocycles. The molecule has 1 aliphatic rings. The largest absolute Gasteiger partial charge is 0.492 e. The maximum Gasteiger partial charge on any atom is 0.408 e. The van der Waals surface area contributed by atoms with Crippen LogP contribution in [-0.2, 0) is 37.0 Å². The lowest BCUT2D eigenvalue weighted by molar-refractivity contribution is -0.115. The van der Waals surface area contributed by atoms with Gasteiger partial charge in [-0.3, -0.25) is 4.79 Å². The van der Waals surface area contributed by atoms with Crippen LogP contribution in [0.4, 0.5) is 4.79 Å². The van der Waals surface area contributed by atoms with Crippen molar-refractivity contribution in [1.29, 1.82) is 0 Å². The van der Waals surface area contributed by atoms with Gasteiger partial charge < -0.3 is 24.3 Å². The molecule has 0 fully saturated rings. The molecule has 3 atom stereocenters. The van der Waals surface area contributed by atoms with Gasteiger partial charge in [-0.1, -0.05) is 60.7 Å². The fraction of sp³-hybridized carbons (Fsp3) is 0.385. The molecule has 0 aromatic heterocycles. The highest BCUT2D eigenvalue weighted by Gasteiger charge is 2.39. The smallest absolute Gasteiger partial charge is 0.408 e. The lowest BCUT2D eigenvalue weighted by Gasteiger charge is -2.37. The Bertz CT molecular complexity index is 923. The van der Waals surface area contributed by atoms with Crippen molar-refractivity contribution in [2.45, 2.75) is 57.8 Å². The summed E-state index contributed by atoms with van der Waals surface area (Å²) in [5.74, 6) is 0. The molecule has 176 valence electrons. The Morgan fingerprint density at radius 1 is 1.00 bits per heavy atom. The van der Waals surface area contributed by atoms with Gasteiger partial charge in [-0.2, -0.15) is 0 Å². The lowest BCUT2D eigenvalue weighted by atomic mass is 9.96. The molecular formula is C26H31NO6. The minimum Gasteiger partial charge on any atom is -0.492 e. The van der Waals surface area contributed by atoms with Crippen LogP contribution in [0, 0.1) is 0 Å². The van der Waals surface area contributed by atoms with Gasteiger partial charge in [-0.15, -0.1) is 0 Å². The van der Waals surface area contributed by atoms with E-state index in [1.165, 1.54) is 6.26 Å². The van der Waals surface area contributed by atoms with Crippen LogP contribution in [0.25, 0.3) is 0 Å². The Kier molecular flexibility index (Phi) is 8.63. The van der Waals surface area contributed by atoms with Crippen molar-refractivity contribution in [1.82, 2.24) is 5.32 Å². The molecule has 33 heavy (non-hydrogen) atoms. The average molecular weight is 454 g/mol. The minimum absolute atomic E-state index is 0.212. The number of rotatable bonds is 9. The molecule has 1 N–H and O–H groups in total. The molecule has 0 unspecified atom stereocenters. The van der Waals surface area contributed by atoms with Gasteiger partial charge in [-0.25, -0.2) is 4.79 Å². The molecule has 0 saturated carbocycles. The molecule has 7 nitrogen and oxygen atoms in total. The maximum atomic E-state index is 12.5. The predicted octanol–water partition coefficient (Wildman–Crippen LogP) is 4.16. The summed E-state index contributed by atoms with van der Waals surface area (Å²) >= 11 is 0. The van der Waals surface area contributed by atoms with Gasteiger partial charge in [0.15, 0.2) is 6.29 Å². The van der Waals surface area contributed by atoms with Crippen molar-refractivity contribution in [2.75, 3.05) is 6.61 Å². The van der Waals surface area contributed by atoms with Crippen LogP contribution < -0.4 is 5.32 Å². The van der Waals surface area contributed by atoms with Crippen LogP contribution in [0.2, 0.25) is 0 Å². The number of hydrogen-bond acceptors (Lipinski definition) is 6. The van der Waals surface area contributed by atoms with Crippen molar-refractivity contribution in [2.24, 2.45) is 0 Å². The molecule has 3 rings (SSSR count). The fourth-order valence-electron chi connectivity index (χ4n) is 3.39. The predicted molar refractivity (Wildman–Crippen MR) is 123 cm³/mol. The lowest BCUT2D eigenvalue weighted by Crippen LogP contribution is -2.55.